The lowest BCUT2D eigenvalue weighted by molar-refractivity contribution is -0.211. The van der Waals surface area contributed by atoms with Gasteiger partial charge in [-0.3, -0.25) is 0 Å². The Hall–Kier alpha value is -3.69. The number of hydrogen-bond acceptors (Lipinski definition) is 8. The van der Waals surface area contributed by atoms with Crippen molar-refractivity contribution < 1.29 is 33.2 Å². The van der Waals surface area contributed by atoms with Crippen LogP contribution in [0, 0.1) is 0 Å². The molecule has 5 rings (SSSR count). The van der Waals surface area contributed by atoms with Crippen molar-refractivity contribution in [2.24, 2.45) is 0 Å². The lowest BCUT2D eigenvalue weighted by Crippen LogP contribution is -2.62. The van der Waals surface area contributed by atoms with Gasteiger partial charge in [0, 0.05) is 0 Å². The van der Waals surface area contributed by atoms with Crippen molar-refractivity contribution in [2.75, 3.05) is 20.8 Å². The molecule has 42 heavy (non-hydrogen) atoms. The van der Waals surface area contributed by atoms with Crippen LogP contribution in [0.4, 0.5) is 0 Å². The average molecular weight is 589 g/mol. The molecule has 1 saturated heterocycles. The summed E-state index contributed by atoms with van der Waals surface area (Å²) in [6.07, 6.45) is -2.16. The molecule has 0 N–H and O–H groups in total. The molecule has 0 saturated carbocycles. The monoisotopic (exact) mass is 588 g/mol. The highest BCUT2D eigenvalue weighted by atomic mass is 32.1. The molecule has 0 radical (unpaired) electrons. The van der Waals surface area contributed by atoms with Gasteiger partial charge in [-0.15, -0.1) is 12.6 Å². The Morgan fingerprint density at radius 1 is 0.571 bits per heavy atom. The van der Waals surface area contributed by atoms with E-state index < -0.39 is 29.9 Å². The average Bonchev–Trinajstić information content (AvgIpc) is 3.04. The van der Waals surface area contributed by atoms with E-state index >= 15 is 0 Å². The highest BCUT2D eigenvalue weighted by molar-refractivity contribution is 7.80. The van der Waals surface area contributed by atoms with Gasteiger partial charge < -0.3 is 33.2 Å². The molecule has 220 valence electrons. The SMILES string of the molecule is COc1ccc(COC[C@H]2O[C@@H](S)[C@H](OCc3ccc(OC)cc3)[C@@H](Oc3ccccc3)[C@H]2Oc2ccccc2)cc1. The first-order valence-corrected chi connectivity index (χ1v) is 14.4. The van der Waals surface area contributed by atoms with E-state index in [1.54, 1.807) is 14.2 Å². The van der Waals surface area contributed by atoms with Gasteiger partial charge in [0.1, 0.15) is 40.6 Å². The quantitative estimate of drug-likeness (QED) is 0.183. The molecule has 0 unspecified atom stereocenters. The van der Waals surface area contributed by atoms with E-state index in [0.717, 1.165) is 22.6 Å². The first-order valence-electron chi connectivity index (χ1n) is 13.8. The maximum atomic E-state index is 6.60. The molecule has 0 amide bonds. The van der Waals surface area contributed by atoms with E-state index in [0.29, 0.717) is 24.7 Å². The Labute approximate surface area is 252 Å². The van der Waals surface area contributed by atoms with Gasteiger partial charge in [-0.2, -0.15) is 0 Å². The Kier molecular flexibility index (Phi) is 10.6. The number of hydrogen-bond donors (Lipinski definition) is 1. The molecular formula is C34H36O7S. The van der Waals surface area contributed by atoms with Crippen LogP contribution in [0.2, 0.25) is 0 Å². The van der Waals surface area contributed by atoms with E-state index in [9.17, 15) is 0 Å². The summed E-state index contributed by atoms with van der Waals surface area (Å²) in [5.41, 5.74) is 1.41. The fourth-order valence-electron chi connectivity index (χ4n) is 4.72. The Morgan fingerprint density at radius 3 is 1.60 bits per heavy atom. The summed E-state index contributed by atoms with van der Waals surface area (Å²) in [5, 5.41) is 0. The van der Waals surface area contributed by atoms with Crippen LogP contribution in [-0.4, -0.2) is 50.7 Å². The zero-order valence-corrected chi connectivity index (χ0v) is 24.6. The molecular weight excluding hydrogens is 552 g/mol. The van der Waals surface area contributed by atoms with Crippen molar-refractivity contribution in [3.8, 4) is 23.0 Å². The van der Waals surface area contributed by atoms with Crippen molar-refractivity contribution in [3.05, 3.63) is 120 Å². The van der Waals surface area contributed by atoms with Gasteiger partial charge in [0.2, 0.25) is 0 Å². The molecule has 5 atom stereocenters. The van der Waals surface area contributed by atoms with E-state index in [4.69, 9.17) is 45.8 Å². The van der Waals surface area contributed by atoms with E-state index in [1.165, 1.54) is 0 Å². The summed E-state index contributed by atoms with van der Waals surface area (Å²) in [6, 6.07) is 34.8. The number of ether oxygens (including phenoxy) is 7. The van der Waals surface area contributed by atoms with Gasteiger partial charge in [0.05, 0.1) is 34.0 Å². The van der Waals surface area contributed by atoms with Crippen molar-refractivity contribution in [1.82, 2.24) is 0 Å². The molecule has 0 aromatic heterocycles. The molecule has 8 heteroatoms. The van der Waals surface area contributed by atoms with Gasteiger partial charge in [0.25, 0.3) is 0 Å². The molecule has 1 aliphatic heterocycles. The highest BCUT2D eigenvalue weighted by Gasteiger charge is 2.49. The number of para-hydroxylation sites is 2. The van der Waals surface area contributed by atoms with Gasteiger partial charge in [-0.05, 0) is 59.7 Å². The van der Waals surface area contributed by atoms with Crippen molar-refractivity contribution in [1.29, 1.82) is 0 Å². The Bertz CT molecular complexity index is 1340. The summed E-state index contributed by atoms with van der Waals surface area (Å²) < 4.78 is 42.7. The third-order valence-electron chi connectivity index (χ3n) is 6.95. The first-order chi connectivity index (χ1) is 20.6. The Morgan fingerprint density at radius 2 is 1.07 bits per heavy atom. The maximum Gasteiger partial charge on any atom is 0.167 e. The van der Waals surface area contributed by atoms with Gasteiger partial charge in [-0.1, -0.05) is 60.7 Å². The molecule has 0 aliphatic carbocycles. The van der Waals surface area contributed by atoms with Crippen LogP contribution in [0.25, 0.3) is 0 Å². The number of methoxy groups -OCH3 is 2. The van der Waals surface area contributed by atoms with Crippen molar-refractivity contribution in [2.45, 2.75) is 43.1 Å². The van der Waals surface area contributed by atoms with Crippen LogP contribution in [0.5, 0.6) is 23.0 Å². The number of rotatable bonds is 13. The van der Waals surface area contributed by atoms with Crippen LogP contribution in [-0.2, 0) is 27.4 Å². The van der Waals surface area contributed by atoms with Crippen LogP contribution >= 0.6 is 12.6 Å². The second-order valence-corrected chi connectivity index (χ2v) is 10.4. The Balaban J connectivity index is 1.38. The fraction of sp³-hybridized carbons (Fsp3) is 0.294. The summed E-state index contributed by atoms with van der Waals surface area (Å²) in [6.45, 7) is 1.00. The van der Waals surface area contributed by atoms with E-state index in [2.05, 4.69) is 0 Å². The maximum absolute atomic E-state index is 6.60. The zero-order chi connectivity index (χ0) is 29.1. The van der Waals surface area contributed by atoms with Crippen LogP contribution in [0.3, 0.4) is 0 Å². The summed E-state index contributed by atoms with van der Waals surface area (Å²) in [4.78, 5) is 0. The van der Waals surface area contributed by atoms with Gasteiger partial charge in [-0.25, -0.2) is 0 Å². The predicted octanol–water partition coefficient (Wildman–Crippen LogP) is 6.36. The zero-order valence-electron chi connectivity index (χ0n) is 23.7. The molecule has 1 fully saturated rings. The number of thiol groups is 1. The van der Waals surface area contributed by atoms with Crippen LogP contribution in [0.1, 0.15) is 11.1 Å². The van der Waals surface area contributed by atoms with E-state index in [1.807, 2.05) is 109 Å². The first kappa shape index (κ1) is 29.8. The van der Waals surface area contributed by atoms with Gasteiger partial charge in [0.15, 0.2) is 12.2 Å². The highest BCUT2D eigenvalue weighted by Crippen LogP contribution is 2.33. The van der Waals surface area contributed by atoms with Crippen LogP contribution < -0.4 is 18.9 Å². The predicted molar refractivity (Wildman–Crippen MR) is 164 cm³/mol. The van der Waals surface area contributed by atoms with Crippen molar-refractivity contribution >= 4 is 12.6 Å². The third-order valence-corrected chi connectivity index (χ3v) is 7.37. The second-order valence-electron chi connectivity index (χ2n) is 9.84. The normalized spacial score (nSPS) is 21.8. The minimum atomic E-state index is -0.595. The summed E-state index contributed by atoms with van der Waals surface area (Å²) >= 11 is 4.83. The van der Waals surface area contributed by atoms with E-state index in [-0.39, 0.29) is 6.61 Å². The molecule has 7 nitrogen and oxygen atoms in total. The molecule has 4 aromatic rings. The molecule has 0 bridgehead atoms. The minimum absolute atomic E-state index is 0.264. The van der Waals surface area contributed by atoms with Gasteiger partial charge >= 0.3 is 0 Å². The molecule has 1 heterocycles. The lowest BCUT2D eigenvalue weighted by atomic mass is 9.98. The number of benzene rings is 4. The topological polar surface area (TPSA) is 64.6 Å². The largest absolute Gasteiger partial charge is 0.497 e. The summed E-state index contributed by atoms with van der Waals surface area (Å²) in [7, 11) is 3.29. The molecule has 1 aliphatic rings. The fourth-order valence-corrected chi connectivity index (χ4v) is 5.14. The summed E-state index contributed by atoms with van der Waals surface area (Å²) in [5.74, 6) is 2.97. The van der Waals surface area contributed by atoms with Crippen LogP contribution in [0.15, 0.2) is 109 Å². The second kappa shape index (κ2) is 15.0. The smallest absolute Gasteiger partial charge is 0.167 e. The van der Waals surface area contributed by atoms with Crippen molar-refractivity contribution in [3.63, 3.8) is 0 Å². The molecule has 4 aromatic carbocycles. The minimum Gasteiger partial charge on any atom is -0.497 e. The lowest BCUT2D eigenvalue weighted by Gasteiger charge is -2.44. The standard InChI is InChI=1S/C34H36O7S/c1-35-26-17-13-24(14-18-26)21-37-23-30-31(39-28-9-5-3-6-10-28)32(40-29-11-7-4-8-12-29)33(34(42)41-30)38-22-25-15-19-27(36-2)20-16-25/h3-20,30-34,42H,21-23H2,1-2H3/t30-,31+,32+,33-,34+/m1/s1. The third kappa shape index (κ3) is 7.98. The molecule has 0 spiro atoms.